The highest BCUT2D eigenvalue weighted by atomic mass is 32.2. The molecule has 1 fully saturated rings. The molecule has 2 aromatic carbocycles. The molecule has 3 rings (SSSR count). The number of hydrogen-bond acceptors (Lipinski definition) is 6. The molecule has 23 heavy (non-hydrogen) atoms. The average molecular weight is 331 g/mol. The van der Waals surface area contributed by atoms with Gasteiger partial charge < -0.3 is 0 Å². The number of nitro benzene ring substituents is 2. The van der Waals surface area contributed by atoms with Gasteiger partial charge in [0, 0.05) is 12.1 Å². The molecule has 0 N–H and O–H groups in total. The first-order chi connectivity index (χ1) is 11.0. The van der Waals surface area contributed by atoms with Gasteiger partial charge in [-0.3, -0.25) is 20.2 Å². The summed E-state index contributed by atoms with van der Waals surface area (Å²) in [5.41, 5.74) is 0.631. The molecule has 0 bridgehead atoms. The summed E-state index contributed by atoms with van der Waals surface area (Å²) < 4.78 is 2.05. The van der Waals surface area contributed by atoms with E-state index in [0.717, 1.165) is 11.6 Å². The Bertz CT molecular complexity index is 769. The molecular formula is C15H13N3O4S. The second kappa shape index (κ2) is 5.98. The molecular weight excluding hydrogens is 318 g/mol. The molecule has 0 saturated carbocycles. The van der Waals surface area contributed by atoms with Crippen LogP contribution in [0.15, 0.2) is 53.4 Å². The van der Waals surface area contributed by atoms with Crippen LogP contribution in [0.2, 0.25) is 0 Å². The maximum absolute atomic E-state index is 11.2. The van der Waals surface area contributed by atoms with Gasteiger partial charge >= 0.3 is 0 Å². The van der Waals surface area contributed by atoms with E-state index in [1.165, 1.54) is 24.1 Å². The number of nitrogens with zero attached hydrogens (tertiary/aromatic N) is 3. The third-order valence-electron chi connectivity index (χ3n) is 3.74. The fourth-order valence-electron chi connectivity index (χ4n) is 2.49. The van der Waals surface area contributed by atoms with Crippen molar-refractivity contribution >= 4 is 23.3 Å². The Balaban J connectivity index is 1.84. The van der Waals surface area contributed by atoms with Crippen molar-refractivity contribution in [3.8, 4) is 0 Å². The normalized spacial score (nSPS) is 22.6. The summed E-state index contributed by atoms with van der Waals surface area (Å²) in [6.07, 6.45) is 0. The zero-order chi connectivity index (χ0) is 16.6. The van der Waals surface area contributed by atoms with Gasteiger partial charge in [0.15, 0.2) is 0 Å². The highest BCUT2D eigenvalue weighted by molar-refractivity contribution is 7.97. The Hall–Kier alpha value is -2.45. The topological polar surface area (TPSA) is 89.3 Å². The molecule has 0 radical (unpaired) electrons. The molecule has 3 atom stereocenters. The van der Waals surface area contributed by atoms with E-state index in [4.69, 9.17) is 0 Å². The predicted molar refractivity (Wildman–Crippen MR) is 86.1 cm³/mol. The summed E-state index contributed by atoms with van der Waals surface area (Å²) >= 11 is 1.27. The van der Waals surface area contributed by atoms with Crippen LogP contribution < -0.4 is 0 Å². The summed E-state index contributed by atoms with van der Waals surface area (Å²) in [5, 5.41) is 22.0. The van der Waals surface area contributed by atoms with Gasteiger partial charge in [0.2, 0.25) is 0 Å². The van der Waals surface area contributed by atoms with E-state index in [9.17, 15) is 20.2 Å². The first-order valence-electron chi connectivity index (χ1n) is 6.93. The van der Waals surface area contributed by atoms with Gasteiger partial charge in [0.05, 0.1) is 22.0 Å². The van der Waals surface area contributed by atoms with Crippen LogP contribution in [0.3, 0.4) is 0 Å². The second-order valence-corrected chi connectivity index (χ2v) is 6.26. The number of rotatable bonds is 5. The van der Waals surface area contributed by atoms with E-state index < -0.39 is 9.85 Å². The second-order valence-electron chi connectivity index (χ2n) is 5.21. The largest absolute Gasteiger partial charge is 0.291 e. The standard InChI is InChI=1S/C15H13N3O4S/c1-10-15(11-5-3-2-4-6-11)16(10)23-14-8-7-12(17(19)20)9-13(14)18(21)22/h2-10,15H,1H3. The lowest BCUT2D eigenvalue weighted by atomic mass is 10.1. The first kappa shape index (κ1) is 15.4. The SMILES string of the molecule is CC1C(c2ccccc2)N1Sc1ccc([N+](=O)[O-])cc1[N+](=O)[O-]. The summed E-state index contributed by atoms with van der Waals surface area (Å²) in [6, 6.07) is 14.1. The quantitative estimate of drug-likeness (QED) is 0.356. The van der Waals surface area contributed by atoms with Crippen molar-refractivity contribution in [2.45, 2.75) is 23.9 Å². The molecule has 7 nitrogen and oxygen atoms in total. The van der Waals surface area contributed by atoms with Crippen molar-refractivity contribution in [1.82, 2.24) is 4.31 Å². The lowest BCUT2D eigenvalue weighted by molar-refractivity contribution is -0.396. The van der Waals surface area contributed by atoms with Crippen molar-refractivity contribution in [3.05, 3.63) is 74.3 Å². The van der Waals surface area contributed by atoms with E-state index >= 15 is 0 Å². The zero-order valence-electron chi connectivity index (χ0n) is 12.2. The van der Waals surface area contributed by atoms with Crippen LogP contribution in [0.25, 0.3) is 0 Å². The molecule has 8 heteroatoms. The summed E-state index contributed by atoms with van der Waals surface area (Å²) in [6.45, 7) is 2.04. The zero-order valence-corrected chi connectivity index (χ0v) is 13.0. The maximum Gasteiger partial charge on any atom is 0.291 e. The molecule has 0 amide bonds. The molecule has 118 valence electrons. The Morgan fingerprint density at radius 1 is 1.04 bits per heavy atom. The number of nitro groups is 2. The number of benzene rings is 2. The van der Waals surface area contributed by atoms with E-state index in [2.05, 4.69) is 0 Å². The number of hydrogen-bond donors (Lipinski definition) is 0. The fraction of sp³-hybridized carbons (Fsp3) is 0.200. The highest BCUT2D eigenvalue weighted by Crippen LogP contribution is 2.52. The van der Waals surface area contributed by atoms with Gasteiger partial charge in [0.25, 0.3) is 11.4 Å². The summed E-state index contributed by atoms with van der Waals surface area (Å²) in [5.74, 6) is 0. The third kappa shape index (κ3) is 3.03. The van der Waals surface area contributed by atoms with Gasteiger partial charge in [-0.2, -0.15) is 0 Å². The van der Waals surface area contributed by atoms with Gasteiger partial charge in [-0.25, -0.2) is 4.31 Å². The Labute approximate surface area is 136 Å². The molecule has 1 heterocycles. The van der Waals surface area contributed by atoms with Crippen LogP contribution in [0, 0.1) is 20.2 Å². The molecule has 0 aromatic heterocycles. The molecule has 0 aliphatic carbocycles. The number of non-ortho nitro benzene ring substituents is 1. The van der Waals surface area contributed by atoms with Crippen LogP contribution in [0.1, 0.15) is 18.5 Å². The fourth-order valence-corrected chi connectivity index (χ4v) is 3.71. The van der Waals surface area contributed by atoms with Crippen molar-refractivity contribution in [1.29, 1.82) is 0 Å². The van der Waals surface area contributed by atoms with Crippen LogP contribution in [-0.4, -0.2) is 20.2 Å². The average Bonchev–Trinajstić information content (AvgIpc) is 3.17. The molecule has 1 aliphatic rings. The Kier molecular flexibility index (Phi) is 4.01. The van der Waals surface area contributed by atoms with E-state index in [-0.39, 0.29) is 23.5 Å². The minimum Gasteiger partial charge on any atom is -0.258 e. The van der Waals surface area contributed by atoms with E-state index in [1.807, 2.05) is 41.6 Å². The van der Waals surface area contributed by atoms with Crippen molar-refractivity contribution in [2.75, 3.05) is 0 Å². The Morgan fingerprint density at radius 2 is 1.74 bits per heavy atom. The van der Waals surface area contributed by atoms with Gasteiger partial charge in [-0.05, 0) is 30.5 Å². The van der Waals surface area contributed by atoms with Gasteiger partial charge in [0.1, 0.15) is 4.90 Å². The first-order valence-corrected chi connectivity index (χ1v) is 7.70. The van der Waals surface area contributed by atoms with E-state index in [1.54, 1.807) is 0 Å². The van der Waals surface area contributed by atoms with Gasteiger partial charge in [-0.15, -0.1) is 0 Å². The van der Waals surface area contributed by atoms with Crippen LogP contribution >= 0.6 is 11.9 Å². The molecule has 0 spiro atoms. The minimum absolute atomic E-state index is 0.191. The van der Waals surface area contributed by atoms with Crippen LogP contribution in [0.5, 0.6) is 0 Å². The van der Waals surface area contributed by atoms with Gasteiger partial charge in [-0.1, -0.05) is 30.3 Å². The maximum atomic E-state index is 11.2. The smallest absolute Gasteiger partial charge is 0.258 e. The van der Waals surface area contributed by atoms with Crippen LogP contribution in [-0.2, 0) is 0 Å². The van der Waals surface area contributed by atoms with Crippen molar-refractivity contribution < 1.29 is 9.85 Å². The van der Waals surface area contributed by atoms with Crippen LogP contribution in [0.4, 0.5) is 11.4 Å². The third-order valence-corrected chi connectivity index (χ3v) is 5.05. The van der Waals surface area contributed by atoms with Crippen molar-refractivity contribution in [3.63, 3.8) is 0 Å². The summed E-state index contributed by atoms with van der Waals surface area (Å²) in [4.78, 5) is 21.2. The van der Waals surface area contributed by atoms with Crippen molar-refractivity contribution in [2.24, 2.45) is 0 Å². The lowest BCUT2D eigenvalue weighted by Crippen LogP contribution is -1.96. The monoisotopic (exact) mass is 331 g/mol. The molecule has 1 aliphatic heterocycles. The molecule has 3 unspecified atom stereocenters. The predicted octanol–water partition coefficient (Wildman–Crippen LogP) is 3.96. The highest BCUT2D eigenvalue weighted by Gasteiger charge is 2.46. The Morgan fingerprint density at radius 3 is 2.35 bits per heavy atom. The molecule has 1 saturated heterocycles. The lowest BCUT2D eigenvalue weighted by Gasteiger charge is -2.04. The van der Waals surface area contributed by atoms with E-state index in [0.29, 0.717) is 4.90 Å². The summed E-state index contributed by atoms with van der Waals surface area (Å²) in [7, 11) is 0. The minimum atomic E-state index is -0.631. The molecule has 2 aromatic rings.